The third kappa shape index (κ3) is 7.03. The molecule has 2 N–H and O–H groups in total. The first kappa shape index (κ1) is 12.9. The Bertz CT molecular complexity index is 104. The highest BCUT2D eigenvalue weighted by Gasteiger charge is 2.06. The molecule has 2 nitrogen and oxygen atoms in total. The van der Waals surface area contributed by atoms with Crippen molar-refractivity contribution in [3.8, 4) is 0 Å². The fourth-order valence-electron chi connectivity index (χ4n) is 1.51. The lowest BCUT2D eigenvalue weighted by Crippen LogP contribution is -2.33. The largest absolute Gasteiger partial charge is 0.329 e. The molecule has 1 unspecified atom stereocenters. The second kappa shape index (κ2) is 8.52. The Hall–Kier alpha value is -0.0800. The Morgan fingerprint density at radius 1 is 1.23 bits per heavy atom. The summed E-state index contributed by atoms with van der Waals surface area (Å²) < 4.78 is 0. The van der Waals surface area contributed by atoms with Gasteiger partial charge in [0.2, 0.25) is 0 Å². The van der Waals surface area contributed by atoms with Crippen LogP contribution in [0.15, 0.2) is 0 Å². The summed E-state index contributed by atoms with van der Waals surface area (Å²) in [5.74, 6) is 0. The van der Waals surface area contributed by atoms with E-state index >= 15 is 0 Å². The van der Waals surface area contributed by atoms with Crippen LogP contribution in [0.2, 0.25) is 0 Å². The molecule has 0 spiro atoms. The molecule has 0 aromatic carbocycles. The van der Waals surface area contributed by atoms with Crippen molar-refractivity contribution in [2.75, 3.05) is 20.1 Å². The smallest absolute Gasteiger partial charge is 0.0104 e. The monoisotopic (exact) mass is 186 g/mol. The van der Waals surface area contributed by atoms with Crippen LogP contribution in [0.5, 0.6) is 0 Å². The lowest BCUT2D eigenvalue weighted by molar-refractivity contribution is 0.247. The zero-order valence-corrected chi connectivity index (χ0v) is 9.55. The predicted molar refractivity (Wildman–Crippen MR) is 59.9 cm³/mol. The second-order valence-electron chi connectivity index (χ2n) is 3.97. The summed E-state index contributed by atoms with van der Waals surface area (Å²) in [5.41, 5.74) is 5.50. The summed E-state index contributed by atoms with van der Waals surface area (Å²) in [6, 6.07) is 0.695. The highest BCUT2D eigenvalue weighted by molar-refractivity contribution is 4.63. The van der Waals surface area contributed by atoms with E-state index in [1.807, 2.05) is 0 Å². The lowest BCUT2D eigenvalue weighted by Gasteiger charge is -2.23. The quantitative estimate of drug-likeness (QED) is 0.589. The first-order valence-corrected chi connectivity index (χ1v) is 5.62. The van der Waals surface area contributed by atoms with Gasteiger partial charge in [0, 0.05) is 19.1 Å². The van der Waals surface area contributed by atoms with Crippen molar-refractivity contribution >= 4 is 0 Å². The number of likely N-dealkylation sites (N-methyl/N-ethyl adjacent to an activating group) is 1. The Morgan fingerprint density at radius 2 is 1.92 bits per heavy atom. The van der Waals surface area contributed by atoms with E-state index < -0.39 is 0 Å². The summed E-state index contributed by atoms with van der Waals surface area (Å²) in [4.78, 5) is 2.35. The Labute approximate surface area is 83.5 Å². The second-order valence-corrected chi connectivity index (χ2v) is 3.97. The third-order valence-electron chi connectivity index (χ3n) is 2.71. The van der Waals surface area contributed by atoms with Crippen LogP contribution in [0.25, 0.3) is 0 Å². The average molecular weight is 186 g/mol. The minimum absolute atomic E-state index is 0.695. The molecule has 2 heteroatoms. The van der Waals surface area contributed by atoms with Crippen LogP contribution in [-0.2, 0) is 0 Å². The van der Waals surface area contributed by atoms with Crippen molar-refractivity contribution in [2.45, 2.75) is 52.0 Å². The minimum atomic E-state index is 0.695. The maximum Gasteiger partial charge on any atom is 0.0104 e. The fourth-order valence-corrected chi connectivity index (χ4v) is 1.51. The molecular weight excluding hydrogens is 160 g/mol. The van der Waals surface area contributed by atoms with Crippen molar-refractivity contribution in [1.82, 2.24) is 4.90 Å². The number of nitrogens with two attached hydrogens (primary N) is 1. The molecule has 0 amide bonds. The lowest BCUT2D eigenvalue weighted by atomic mass is 10.1. The third-order valence-corrected chi connectivity index (χ3v) is 2.71. The van der Waals surface area contributed by atoms with E-state index in [1.54, 1.807) is 0 Å². The van der Waals surface area contributed by atoms with Crippen molar-refractivity contribution in [3.63, 3.8) is 0 Å². The number of nitrogens with zero attached hydrogens (tertiary/aromatic N) is 1. The van der Waals surface area contributed by atoms with Gasteiger partial charge in [0.15, 0.2) is 0 Å². The fraction of sp³-hybridized carbons (Fsp3) is 1.00. The molecule has 0 bridgehead atoms. The molecule has 0 aliphatic carbocycles. The van der Waals surface area contributed by atoms with E-state index in [0.29, 0.717) is 6.04 Å². The molecule has 0 aromatic rings. The van der Waals surface area contributed by atoms with E-state index in [4.69, 9.17) is 5.73 Å². The van der Waals surface area contributed by atoms with Crippen molar-refractivity contribution in [3.05, 3.63) is 0 Å². The van der Waals surface area contributed by atoms with Gasteiger partial charge in [-0.05, 0) is 20.4 Å². The zero-order valence-electron chi connectivity index (χ0n) is 9.55. The SMILES string of the molecule is CCCCCCC(C)N(C)CCN. The molecule has 80 valence electrons. The van der Waals surface area contributed by atoms with Crippen molar-refractivity contribution in [1.29, 1.82) is 0 Å². The van der Waals surface area contributed by atoms with Crippen LogP contribution in [0.4, 0.5) is 0 Å². The van der Waals surface area contributed by atoms with Gasteiger partial charge < -0.3 is 10.6 Å². The van der Waals surface area contributed by atoms with Crippen LogP contribution in [0, 0.1) is 0 Å². The van der Waals surface area contributed by atoms with E-state index in [1.165, 1.54) is 32.1 Å². The van der Waals surface area contributed by atoms with Gasteiger partial charge in [-0.3, -0.25) is 0 Å². The summed E-state index contributed by atoms with van der Waals surface area (Å²) in [7, 11) is 2.16. The van der Waals surface area contributed by atoms with Gasteiger partial charge in [0.25, 0.3) is 0 Å². The summed E-state index contributed by atoms with van der Waals surface area (Å²) in [6.07, 6.45) is 6.78. The Balaban J connectivity index is 3.32. The van der Waals surface area contributed by atoms with Crippen LogP contribution in [0.1, 0.15) is 46.0 Å². The molecule has 0 radical (unpaired) electrons. The Morgan fingerprint density at radius 3 is 2.46 bits per heavy atom. The van der Waals surface area contributed by atoms with E-state index in [0.717, 1.165) is 13.1 Å². The average Bonchev–Trinajstić information content (AvgIpc) is 2.12. The highest BCUT2D eigenvalue weighted by Crippen LogP contribution is 2.08. The maximum atomic E-state index is 5.50. The summed E-state index contributed by atoms with van der Waals surface area (Å²) in [5, 5.41) is 0. The molecule has 0 heterocycles. The highest BCUT2D eigenvalue weighted by atomic mass is 15.1. The molecule has 0 aliphatic rings. The zero-order chi connectivity index (χ0) is 10.1. The molecule has 0 aliphatic heterocycles. The van der Waals surface area contributed by atoms with Crippen LogP contribution >= 0.6 is 0 Å². The molecule has 0 saturated carbocycles. The van der Waals surface area contributed by atoms with Gasteiger partial charge in [-0.15, -0.1) is 0 Å². The Kier molecular flexibility index (Phi) is 8.46. The predicted octanol–water partition coefficient (Wildman–Crippen LogP) is 2.24. The van der Waals surface area contributed by atoms with Gasteiger partial charge >= 0.3 is 0 Å². The van der Waals surface area contributed by atoms with Crippen LogP contribution < -0.4 is 5.73 Å². The first-order chi connectivity index (χ1) is 6.22. The van der Waals surface area contributed by atoms with Gasteiger partial charge in [0.05, 0.1) is 0 Å². The number of hydrogen-bond acceptors (Lipinski definition) is 2. The van der Waals surface area contributed by atoms with Crippen molar-refractivity contribution in [2.24, 2.45) is 5.73 Å². The van der Waals surface area contributed by atoms with Crippen molar-refractivity contribution < 1.29 is 0 Å². The molecule has 0 rings (SSSR count). The summed E-state index contributed by atoms with van der Waals surface area (Å²) in [6.45, 7) is 6.34. The minimum Gasteiger partial charge on any atom is -0.329 e. The number of rotatable bonds is 8. The molecular formula is C11H26N2. The topological polar surface area (TPSA) is 29.3 Å². The van der Waals surface area contributed by atoms with E-state index in [2.05, 4.69) is 25.8 Å². The molecule has 0 saturated heterocycles. The normalized spacial score (nSPS) is 13.6. The maximum absolute atomic E-state index is 5.50. The van der Waals surface area contributed by atoms with Crippen LogP contribution in [-0.4, -0.2) is 31.1 Å². The standard InChI is InChI=1S/C11H26N2/c1-4-5-6-7-8-11(2)13(3)10-9-12/h11H,4-10,12H2,1-3H3. The van der Waals surface area contributed by atoms with E-state index in [-0.39, 0.29) is 0 Å². The molecule has 1 atom stereocenters. The number of unbranched alkanes of at least 4 members (excludes halogenated alkanes) is 3. The van der Waals surface area contributed by atoms with Gasteiger partial charge in [-0.1, -0.05) is 32.6 Å². The van der Waals surface area contributed by atoms with Gasteiger partial charge in [0.1, 0.15) is 0 Å². The van der Waals surface area contributed by atoms with Gasteiger partial charge in [-0.2, -0.15) is 0 Å². The molecule has 0 aromatic heterocycles. The first-order valence-electron chi connectivity index (χ1n) is 5.62. The van der Waals surface area contributed by atoms with E-state index in [9.17, 15) is 0 Å². The summed E-state index contributed by atoms with van der Waals surface area (Å²) >= 11 is 0. The van der Waals surface area contributed by atoms with Crippen LogP contribution in [0.3, 0.4) is 0 Å². The molecule has 0 fully saturated rings. The molecule has 13 heavy (non-hydrogen) atoms. The van der Waals surface area contributed by atoms with Gasteiger partial charge in [-0.25, -0.2) is 0 Å². The number of hydrogen-bond donors (Lipinski definition) is 1.